The average Bonchev–Trinajstić information content (AvgIpc) is 2.47. The van der Waals surface area contributed by atoms with Gasteiger partial charge in [0.05, 0.1) is 0 Å². The summed E-state index contributed by atoms with van der Waals surface area (Å²) < 4.78 is 0. The number of aryl methyl sites for hydroxylation is 1. The molecule has 20 heavy (non-hydrogen) atoms. The Kier molecular flexibility index (Phi) is 5.31. The summed E-state index contributed by atoms with van der Waals surface area (Å²) in [7, 11) is 0. The standard InChI is InChI=1S/C18H24N2/c1-4-15-9-10-18(20-12-15)11-16-5-7-17(8-6-16)13-19-14(2)3/h5-10,12,14,19H,4,11,13H2,1-3H3. The van der Waals surface area contributed by atoms with E-state index in [0.29, 0.717) is 6.04 Å². The van der Waals surface area contributed by atoms with Crippen LogP contribution in [0.5, 0.6) is 0 Å². The van der Waals surface area contributed by atoms with Gasteiger partial charge in [-0.2, -0.15) is 0 Å². The van der Waals surface area contributed by atoms with Gasteiger partial charge in [-0.25, -0.2) is 0 Å². The third kappa shape index (κ3) is 4.46. The fraction of sp³-hybridized carbons (Fsp3) is 0.389. The van der Waals surface area contributed by atoms with E-state index < -0.39 is 0 Å². The van der Waals surface area contributed by atoms with Gasteiger partial charge in [0.2, 0.25) is 0 Å². The maximum atomic E-state index is 4.51. The first-order valence-electron chi connectivity index (χ1n) is 7.42. The Balaban J connectivity index is 1.95. The SMILES string of the molecule is CCc1ccc(Cc2ccc(CNC(C)C)cc2)nc1. The number of nitrogens with zero attached hydrogens (tertiary/aromatic N) is 1. The molecular formula is C18H24N2. The average molecular weight is 268 g/mol. The zero-order chi connectivity index (χ0) is 14.4. The van der Waals surface area contributed by atoms with Gasteiger partial charge < -0.3 is 5.32 Å². The summed E-state index contributed by atoms with van der Waals surface area (Å²) in [6, 6.07) is 13.6. The monoisotopic (exact) mass is 268 g/mol. The van der Waals surface area contributed by atoms with E-state index in [0.717, 1.165) is 25.1 Å². The molecule has 0 aliphatic rings. The van der Waals surface area contributed by atoms with Crippen molar-refractivity contribution in [1.82, 2.24) is 10.3 Å². The van der Waals surface area contributed by atoms with Crippen molar-refractivity contribution in [1.29, 1.82) is 0 Å². The van der Waals surface area contributed by atoms with Gasteiger partial charge in [-0.05, 0) is 29.2 Å². The summed E-state index contributed by atoms with van der Waals surface area (Å²) in [5.41, 5.74) is 5.07. The van der Waals surface area contributed by atoms with Crippen molar-refractivity contribution < 1.29 is 0 Å². The molecule has 2 nitrogen and oxygen atoms in total. The van der Waals surface area contributed by atoms with Gasteiger partial charge in [0.25, 0.3) is 0 Å². The van der Waals surface area contributed by atoms with E-state index in [4.69, 9.17) is 0 Å². The minimum atomic E-state index is 0.524. The van der Waals surface area contributed by atoms with Gasteiger partial charge in [0, 0.05) is 30.9 Å². The highest BCUT2D eigenvalue weighted by atomic mass is 14.9. The first-order chi connectivity index (χ1) is 9.67. The van der Waals surface area contributed by atoms with E-state index in [1.165, 1.54) is 16.7 Å². The molecule has 0 saturated carbocycles. The third-order valence-corrected chi connectivity index (χ3v) is 3.42. The van der Waals surface area contributed by atoms with Crippen LogP contribution in [0, 0.1) is 0 Å². The molecule has 2 heteroatoms. The maximum absolute atomic E-state index is 4.51. The molecular weight excluding hydrogens is 244 g/mol. The van der Waals surface area contributed by atoms with Crippen LogP contribution < -0.4 is 5.32 Å². The number of rotatable bonds is 6. The number of hydrogen-bond acceptors (Lipinski definition) is 2. The molecule has 0 spiro atoms. The van der Waals surface area contributed by atoms with Gasteiger partial charge in [-0.15, -0.1) is 0 Å². The van der Waals surface area contributed by atoms with Gasteiger partial charge in [-0.3, -0.25) is 4.98 Å². The Labute approximate surface area is 122 Å². The predicted molar refractivity (Wildman–Crippen MR) is 84.8 cm³/mol. The first kappa shape index (κ1) is 14.7. The molecule has 0 radical (unpaired) electrons. The molecule has 0 amide bonds. The molecule has 2 aromatic rings. The minimum Gasteiger partial charge on any atom is -0.310 e. The van der Waals surface area contributed by atoms with Crippen LogP contribution in [0.1, 0.15) is 43.2 Å². The van der Waals surface area contributed by atoms with Crippen molar-refractivity contribution in [2.75, 3.05) is 0 Å². The van der Waals surface area contributed by atoms with Crippen molar-refractivity contribution in [3.8, 4) is 0 Å². The second-order valence-corrected chi connectivity index (χ2v) is 5.54. The lowest BCUT2D eigenvalue weighted by molar-refractivity contribution is 0.589. The highest BCUT2D eigenvalue weighted by Crippen LogP contribution is 2.10. The first-order valence-corrected chi connectivity index (χ1v) is 7.42. The summed E-state index contributed by atoms with van der Waals surface area (Å²) in [6.45, 7) is 7.42. The topological polar surface area (TPSA) is 24.9 Å². The molecule has 2 rings (SSSR count). The second kappa shape index (κ2) is 7.20. The van der Waals surface area contributed by atoms with E-state index >= 15 is 0 Å². The van der Waals surface area contributed by atoms with Crippen LogP contribution in [0.2, 0.25) is 0 Å². The van der Waals surface area contributed by atoms with Crippen molar-refractivity contribution >= 4 is 0 Å². The Morgan fingerprint density at radius 3 is 2.15 bits per heavy atom. The lowest BCUT2D eigenvalue weighted by atomic mass is 10.1. The van der Waals surface area contributed by atoms with Crippen LogP contribution in [0.25, 0.3) is 0 Å². The Morgan fingerprint density at radius 1 is 0.950 bits per heavy atom. The quantitative estimate of drug-likeness (QED) is 0.863. The van der Waals surface area contributed by atoms with E-state index in [1.54, 1.807) is 0 Å². The fourth-order valence-electron chi connectivity index (χ4n) is 2.07. The highest BCUT2D eigenvalue weighted by molar-refractivity contribution is 5.27. The molecule has 1 heterocycles. The number of benzene rings is 1. The van der Waals surface area contributed by atoms with Crippen molar-refractivity contribution in [2.45, 2.75) is 46.2 Å². The minimum absolute atomic E-state index is 0.524. The summed E-state index contributed by atoms with van der Waals surface area (Å²) in [5.74, 6) is 0. The van der Waals surface area contributed by atoms with Crippen LogP contribution in [0.4, 0.5) is 0 Å². The van der Waals surface area contributed by atoms with Crippen LogP contribution >= 0.6 is 0 Å². The van der Waals surface area contributed by atoms with E-state index in [2.05, 4.69) is 67.5 Å². The Morgan fingerprint density at radius 2 is 1.60 bits per heavy atom. The van der Waals surface area contributed by atoms with Crippen LogP contribution in [0.15, 0.2) is 42.6 Å². The number of aromatic nitrogens is 1. The molecule has 0 aliphatic heterocycles. The maximum Gasteiger partial charge on any atom is 0.0447 e. The molecule has 0 unspecified atom stereocenters. The van der Waals surface area contributed by atoms with Crippen molar-refractivity contribution in [3.63, 3.8) is 0 Å². The van der Waals surface area contributed by atoms with Gasteiger partial charge in [0.15, 0.2) is 0 Å². The molecule has 106 valence electrons. The predicted octanol–water partition coefficient (Wildman–Crippen LogP) is 3.73. The van der Waals surface area contributed by atoms with Gasteiger partial charge in [0.1, 0.15) is 0 Å². The lowest BCUT2D eigenvalue weighted by Crippen LogP contribution is -2.21. The molecule has 1 aromatic heterocycles. The molecule has 0 saturated heterocycles. The second-order valence-electron chi connectivity index (χ2n) is 5.54. The molecule has 0 aliphatic carbocycles. The van der Waals surface area contributed by atoms with E-state index in [1.807, 2.05) is 6.20 Å². The smallest absolute Gasteiger partial charge is 0.0447 e. The van der Waals surface area contributed by atoms with Gasteiger partial charge in [-0.1, -0.05) is 51.1 Å². The summed E-state index contributed by atoms with van der Waals surface area (Å²) in [4.78, 5) is 4.51. The largest absolute Gasteiger partial charge is 0.310 e. The normalized spacial score (nSPS) is 11.0. The molecule has 0 fully saturated rings. The Hall–Kier alpha value is -1.67. The highest BCUT2D eigenvalue weighted by Gasteiger charge is 2.00. The molecule has 0 bridgehead atoms. The fourth-order valence-corrected chi connectivity index (χ4v) is 2.07. The number of nitrogens with one attached hydrogen (secondary N) is 1. The van der Waals surface area contributed by atoms with Crippen molar-refractivity contribution in [2.24, 2.45) is 0 Å². The molecule has 1 N–H and O–H groups in total. The zero-order valence-corrected chi connectivity index (χ0v) is 12.7. The molecule has 1 aromatic carbocycles. The summed E-state index contributed by atoms with van der Waals surface area (Å²) >= 11 is 0. The van der Waals surface area contributed by atoms with Crippen LogP contribution in [0.3, 0.4) is 0 Å². The Bertz CT molecular complexity index is 512. The van der Waals surface area contributed by atoms with E-state index in [-0.39, 0.29) is 0 Å². The summed E-state index contributed by atoms with van der Waals surface area (Å²) in [5, 5.41) is 3.43. The van der Waals surface area contributed by atoms with E-state index in [9.17, 15) is 0 Å². The van der Waals surface area contributed by atoms with Gasteiger partial charge >= 0.3 is 0 Å². The number of hydrogen-bond donors (Lipinski definition) is 1. The summed E-state index contributed by atoms with van der Waals surface area (Å²) in [6.07, 6.45) is 3.93. The molecule has 0 atom stereocenters. The van der Waals surface area contributed by atoms with Crippen LogP contribution in [-0.4, -0.2) is 11.0 Å². The van der Waals surface area contributed by atoms with Crippen molar-refractivity contribution in [3.05, 3.63) is 65.0 Å². The number of pyridine rings is 1. The zero-order valence-electron chi connectivity index (χ0n) is 12.7. The third-order valence-electron chi connectivity index (χ3n) is 3.42. The lowest BCUT2D eigenvalue weighted by Gasteiger charge is -2.09. The van der Waals surface area contributed by atoms with Crippen LogP contribution in [-0.2, 0) is 19.4 Å².